The highest BCUT2D eigenvalue weighted by atomic mass is 32.2. The van der Waals surface area contributed by atoms with Gasteiger partial charge in [-0.15, -0.1) is 0 Å². The van der Waals surface area contributed by atoms with Crippen molar-refractivity contribution in [1.82, 2.24) is 0 Å². The molecule has 0 fully saturated rings. The first-order valence-corrected chi connectivity index (χ1v) is 14.8. The number of aromatic hydroxyl groups is 1. The summed E-state index contributed by atoms with van der Waals surface area (Å²) in [5.41, 5.74) is -0.478. The van der Waals surface area contributed by atoms with Crippen molar-refractivity contribution in [3.05, 3.63) is 23.8 Å². The molecule has 0 unspecified atom stereocenters. The van der Waals surface area contributed by atoms with Gasteiger partial charge in [0.1, 0.15) is 18.1 Å². The monoisotopic (exact) mass is 589 g/mol. The summed E-state index contributed by atoms with van der Waals surface area (Å²) >= 11 is 1.37. The van der Waals surface area contributed by atoms with Crippen molar-refractivity contribution in [3.63, 3.8) is 0 Å². The van der Waals surface area contributed by atoms with Gasteiger partial charge in [-0.25, -0.2) is 18.2 Å². The van der Waals surface area contributed by atoms with E-state index in [4.69, 9.17) is 23.5 Å². The lowest BCUT2D eigenvalue weighted by atomic mass is 10.1. The van der Waals surface area contributed by atoms with Crippen LogP contribution in [0.15, 0.2) is 18.2 Å². The maximum absolute atomic E-state index is 11.3. The Kier molecular flexibility index (Phi) is 13.8. The van der Waals surface area contributed by atoms with Crippen LogP contribution in [0.3, 0.4) is 0 Å². The van der Waals surface area contributed by atoms with E-state index in [1.807, 2.05) is 0 Å². The Balaban J connectivity index is 0.000000580. The smallest absolute Gasteiger partial charge is 0.376 e. The normalized spacial score (nSPS) is 17.6. The number of carbonyl (C=O) groups is 1. The number of aliphatic carboxylic acids is 1. The number of carboxylic acid groups (broad SMARTS) is 1. The Labute approximate surface area is 219 Å². The van der Waals surface area contributed by atoms with E-state index in [9.17, 15) is 36.4 Å². The average Bonchev–Trinajstić information content (AvgIpc) is 3.19. The largest absolute Gasteiger partial charge is 0.748 e. The molecule has 4 N–H and O–H groups in total. The Hall–Kier alpha value is -1.99. The van der Waals surface area contributed by atoms with Gasteiger partial charge < -0.3 is 33.7 Å². The number of methoxy groups -OCH3 is 1. The predicted octanol–water partition coefficient (Wildman–Crippen LogP) is -1.71. The van der Waals surface area contributed by atoms with Gasteiger partial charge >= 0.3 is 5.97 Å². The summed E-state index contributed by atoms with van der Waals surface area (Å²) in [7, 11) is -7.26. The minimum Gasteiger partial charge on any atom is -0.748 e. The van der Waals surface area contributed by atoms with Gasteiger partial charge in [0.05, 0.1) is 66.0 Å². The van der Waals surface area contributed by atoms with Crippen molar-refractivity contribution in [2.45, 2.75) is 12.5 Å². The molecule has 0 saturated heterocycles. The average molecular weight is 590 g/mol. The van der Waals surface area contributed by atoms with Crippen LogP contribution in [-0.4, -0.2) is 117 Å². The summed E-state index contributed by atoms with van der Waals surface area (Å²) in [6.45, 7) is 4.44. The lowest BCUT2D eigenvalue weighted by Gasteiger charge is -2.09. The Morgan fingerprint density at radius 1 is 1.08 bits per heavy atom. The second-order valence-electron chi connectivity index (χ2n) is 7.67. The van der Waals surface area contributed by atoms with Crippen molar-refractivity contribution in [2.75, 3.05) is 64.0 Å². The number of carboxylic acids is 1. The maximum Gasteiger partial charge on any atom is 0.376 e. The van der Waals surface area contributed by atoms with Crippen LogP contribution in [0.5, 0.6) is 11.5 Å². The van der Waals surface area contributed by atoms with E-state index in [0.29, 0.717) is 61.8 Å². The van der Waals surface area contributed by atoms with Crippen molar-refractivity contribution in [2.24, 2.45) is 0 Å². The molecule has 2 rings (SSSR count). The molecule has 1 aliphatic heterocycles. The number of benzene rings is 1. The van der Waals surface area contributed by atoms with Gasteiger partial charge in [0.25, 0.3) is 15.7 Å². The summed E-state index contributed by atoms with van der Waals surface area (Å²) in [4.78, 5) is 14.3. The lowest BCUT2D eigenvalue weighted by Crippen LogP contribution is -2.87. The minimum atomic E-state index is -4.55. The van der Waals surface area contributed by atoms with Crippen molar-refractivity contribution >= 4 is 43.0 Å². The van der Waals surface area contributed by atoms with Crippen LogP contribution in [0.4, 0.5) is 0 Å². The topological polar surface area (TPSA) is 220 Å². The molecule has 0 spiro atoms. The van der Waals surface area contributed by atoms with Gasteiger partial charge in [-0.1, -0.05) is 0 Å². The summed E-state index contributed by atoms with van der Waals surface area (Å²) < 4.78 is 77.9. The number of hydrogen-bond donors (Lipinski definition) is 4. The van der Waals surface area contributed by atoms with E-state index in [1.165, 1.54) is 17.8 Å². The van der Waals surface area contributed by atoms with Gasteiger partial charge in [-0.05, 0) is 23.9 Å². The second-order valence-corrected chi connectivity index (χ2v) is 11.8. The quantitative estimate of drug-likeness (QED) is 0.132. The Bertz CT molecular complexity index is 1090. The molecule has 0 saturated carbocycles. The molecule has 0 amide bonds. The van der Waals surface area contributed by atoms with Crippen LogP contribution < -0.4 is 9.73 Å². The SMILES string of the molecule is COCCOCCOCCOc1ccc(C2=[NH+][C@@](C)(C(=O)O)CS2)c(O)c1.O=S(=O)([O-])CCS(=O)(=O)O. The fraction of sp³-hybridized carbons (Fsp3) is 0.600. The number of hydrogen-bond acceptors (Lipinski definition) is 12. The highest BCUT2D eigenvalue weighted by Crippen LogP contribution is 2.28. The van der Waals surface area contributed by atoms with Crippen LogP contribution in [0, 0.1) is 0 Å². The highest BCUT2D eigenvalue weighted by Gasteiger charge is 2.45. The molecule has 1 aliphatic rings. The first-order valence-electron chi connectivity index (χ1n) is 10.7. The molecule has 1 atom stereocenters. The fourth-order valence-electron chi connectivity index (χ4n) is 2.48. The molecule has 0 aliphatic carbocycles. The highest BCUT2D eigenvalue weighted by molar-refractivity contribution is 8.14. The summed E-state index contributed by atoms with van der Waals surface area (Å²) in [6.07, 6.45) is 0. The van der Waals surface area contributed by atoms with Crippen LogP contribution in [-0.2, 0) is 39.2 Å². The van der Waals surface area contributed by atoms with Crippen LogP contribution in [0.25, 0.3) is 0 Å². The van der Waals surface area contributed by atoms with Crippen LogP contribution in [0.2, 0.25) is 0 Å². The van der Waals surface area contributed by atoms with Crippen molar-refractivity contribution in [1.29, 1.82) is 0 Å². The van der Waals surface area contributed by atoms with E-state index >= 15 is 0 Å². The summed E-state index contributed by atoms with van der Waals surface area (Å²) in [6, 6.07) is 4.95. The first kappa shape index (κ1) is 33.0. The maximum atomic E-state index is 11.3. The Morgan fingerprint density at radius 3 is 2.14 bits per heavy atom. The summed E-state index contributed by atoms with van der Waals surface area (Å²) in [5, 5.41) is 20.2. The first-order chi connectivity index (χ1) is 17.2. The van der Waals surface area contributed by atoms with Crippen LogP contribution >= 0.6 is 11.8 Å². The molecule has 1 heterocycles. The second kappa shape index (κ2) is 15.4. The number of rotatable bonds is 15. The summed E-state index contributed by atoms with van der Waals surface area (Å²) in [5.74, 6) is -2.12. The van der Waals surface area contributed by atoms with Crippen molar-refractivity contribution in [3.8, 4) is 11.5 Å². The van der Waals surface area contributed by atoms with E-state index in [1.54, 1.807) is 26.2 Å². The zero-order valence-electron chi connectivity index (χ0n) is 20.2. The molecule has 17 heteroatoms. The molecule has 212 valence electrons. The molecular formula is C20H31NO13S3. The molecular weight excluding hydrogens is 558 g/mol. The third-order valence-electron chi connectivity index (χ3n) is 4.47. The van der Waals surface area contributed by atoms with Gasteiger partial charge in [-0.3, -0.25) is 4.55 Å². The molecule has 0 aromatic heterocycles. The van der Waals surface area contributed by atoms with E-state index < -0.39 is 43.3 Å². The third kappa shape index (κ3) is 13.9. The Morgan fingerprint density at radius 2 is 1.68 bits per heavy atom. The molecule has 1 aromatic carbocycles. The molecule has 14 nitrogen and oxygen atoms in total. The predicted molar refractivity (Wildman–Crippen MR) is 132 cm³/mol. The zero-order chi connectivity index (χ0) is 28.1. The van der Waals surface area contributed by atoms with Gasteiger partial charge in [0.2, 0.25) is 5.04 Å². The standard InChI is InChI=1S/C18H25NO7S.C2H6O6S2/c1-18(17(21)22)12-27-16(19-18)14-4-3-13(11-15(14)20)26-10-9-25-8-7-24-6-5-23-2;3-9(4,5)1-2-10(6,7)8/h3-4,11,20H,5-10,12H2,1-2H3,(H,21,22);1-2H2,(H,3,4,5)(H,6,7,8)/t18-;/m1./s1. The molecule has 0 radical (unpaired) electrons. The number of ether oxygens (including phenoxy) is 4. The van der Waals surface area contributed by atoms with Gasteiger partial charge in [0.15, 0.2) is 0 Å². The van der Waals surface area contributed by atoms with Crippen molar-refractivity contribution < 1.29 is 64.9 Å². The zero-order valence-corrected chi connectivity index (χ0v) is 22.7. The number of nitrogens with one attached hydrogen (secondary N) is 1. The van der Waals surface area contributed by atoms with E-state index in [2.05, 4.69) is 4.99 Å². The fourth-order valence-corrected chi connectivity index (χ4v) is 5.40. The van der Waals surface area contributed by atoms with Crippen LogP contribution in [0.1, 0.15) is 12.5 Å². The number of thioether (sulfide) groups is 1. The lowest BCUT2D eigenvalue weighted by molar-refractivity contribution is -0.520. The number of phenols is 1. The molecule has 0 bridgehead atoms. The van der Waals surface area contributed by atoms with E-state index in [0.717, 1.165) is 0 Å². The van der Waals surface area contributed by atoms with E-state index in [-0.39, 0.29) is 5.75 Å². The van der Waals surface area contributed by atoms with Gasteiger partial charge in [0, 0.05) is 20.1 Å². The third-order valence-corrected chi connectivity index (χ3v) is 7.49. The minimum absolute atomic E-state index is 0.0320. The number of phenolic OH excluding ortho intramolecular Hbond substituents is 1. The molecule has 1 aromatic rings. The van der Waals surface area contributed by atoms with Gasteiger partial charge in [-0.2, -0.15) is 8.42 Å². The molecule has 37 heavy (non-hydrogen) atoms.